The summed E-state index contributed by atoms with van der Waals surface area (Å²) in [6.07, 6.45) is 6.17. The summed E-state index contributed by atoms with van der Waals surface area (Å²) in [5.74, 6) is 2.01. The summed E-state index contributed by atoms with van der Waals surface area (Å²) in [6.45, 7) is 2.26. The molecule has 0 aliphatic heterocycles. The monoisotopic (exact) mass is 281 g/mol. The molecule has 1 fully saturated rings. The van der Waals surface area contributed by atoms with Crippen LogP contribution in [0.5, 0.6) is 5.75 Å². The molecule has 2 rings (SSSR count). The molecular weight excluding hydrogens is 258 g/mol. The van der Waals surface area contributed by atoms with Crippen molar-refractivity contribution in [2.24, 2.45) is 11.7 Å². The third-order valence-corrected chi connectivity index (χ3v) is 4.62. The number of ether oxygens (including phenoxy) is 1. The van der Waals surface area contributed by atoms with E-state index in [4.69, 9.17) is 22.1 Å². The Morgan fingerprint density at radius 2 is 2.16 bits per heavy atom. The number of rotatable bonds is 4. The van der Waals surface area contributed by atoms with E-state index in [9.17, 15) is 0 Å². The Kier molecular flexibility index (Phi) is 5.12. The van der Waals surface area contributed by atoms with Gasteiger partial charge in [0.25, 0.3) is 0 Å². The van der Waals surface area contributed by atoms with E-state index >= 15 is 0 Å². The molecule has 1 aromatic carbocycles. The van der Waals surface area contributed by atoms with E-state index in [1.54, 1.807) is 7.11 Å². The van der Waals surface area contributed by atoms with Crippen molar-refractivity contribution in [3.63, 3.8) is 0 Å². The summed E-state index contributed by atoms with van der Waals surface area (Å²) >= 11 is 6.09. The summed E-state index contributed by atoms with van der Waals surface area (Å²) in [4.78, 5) is 0. The molecule has 1 aliphatic rings. The van der Waals surface area contributed by atoms with Crippen LogP contribution < -0.4 is 10.5 Å². The van der Waals surface area contributed by atoms with Gasteiger partial charge in [0.2, 0.25) is 0 Å². The lowest BCUT2D eigenvalue weighted by Crippen LogP contribution is -2.34. The fraction of sp³-hybridized carbons (Fsp3) is 0.625. The van der Waals surface area contributed by atoms with Gasteiger partial charge in [-0.1, -0.05) is 37.4 Å². The average Bonchev–Trinajstić information content (AvgIpc) is 2.42. The molecule has 19 heavy (non-hydrogen) atoms. The van der Waals surface area contributed by atoms with Gasteiger partial charge in [0.15, 0.2) is 0 Å². The first-order chi connectivity index (χ1) is 9.15. The molecule has 0 spiro atoms. The number of hydrogen-bond acceptors (Lipinski definition) is 2. The molecule has 3 atom stereocenters. The Morgan fingerprint density at radius 3 is 2.84 bits per heavy atom. The van der Waals surface area contributed by atoms with Gasteiger partial charge < -0.3 is 10.5 Å². The molecule has 0 bridgehead atoms. The van der Waals surface area contributed by atoms with Gasteiger partial charge in [-0.05, 0) is 48.8 Å². The predicted molar refractivity (Wildman–Crippen MR) is 81.0 cm³/mol. The summed E-state index contributed by atoms with van der Waals surface area (Å²) in [6, 6.07) is 6.34. The van der Waals surface area contributed by atoms with Crippen LogP contribution in [0.4, 0.5) is 0 Å². The minimum Gasteiger partial charge on any atom is -0.495 e. The van der Waals surface area contributed by atoms with E-state index in [0.717, 1.165) is 18.1 Å². The molecular formula is C16H24ClNO. The molecule has 0 heterocycles. The molecule has 0 amide bonds. The van der Waals surface area contributed by atoms with Crippen LogP contribution in [0, 0.1) is 5.92 Å². The summed E-state index contributed by atoms with van der Waals surface area (Å²) in [7, 11) is 1.66. The van der Waals surface area contributed by atoms with Crippen LogP contribution in [0.15, 0.2) is 18.2 Å². The lowest BCUT2D eigenvalue weighted by Gasteiger charge is -2.34. The zero-order valence-electron chi connectivity index (χ0n) is 11.9. The predicted octanol–water partition coefficient (Wildman–Crippen LogP) is 4.36. The maximum Gasteiger partial charge on any atom is 0.137 e. The van der Waals surface area contributed by atoms with Crippen molar-refractivity contribution >= 4 is 11.6 Å². The second-order valence-corrected chi connectivity index (χ2v) is 6.04. The topological polar surface area (TPSA) is 35.2 Å². The largest absolute Gasteiger partial charge is 0.495 e. The quantitative estimate of drug-likeness (QED) is 0.890. The van der Waals surface area contributed by atoms with Gasteiger partial charge in [-0.15, -0.1) is 0 Å². The normalized spacial score (nSPS) is 27.3. The molecule has 106 valence electrons. The molecule has 1 aliphatic carbocycles. The highest BCUT2D eigenvalue weighted by Crippen LogP contribution is 2.39. The van der Waals surface area contributed by atoms with Crippen molar-refractivity contribution < 1.29 is 4.74 Å². The van der Waals surface area contributed by atoms with Crippen molar-refractivity contribution in [1.82, 2.24) is 0 Å². The van der Waals surface area contributed by atoms with Crippen molar-refractivity contribution in [2.45, 2.75) is 51.0 Å². The number of benzene rings is 1. The fourth-order valence-electron chi connectivity index (χ4n) is 3.24. The lowest BCUT2D eigenvalue weighted by molar-refractivity contribution is 0.274. The van der Waals surface area contributed by atoms with E-state index in [0.29, 0.717) is 10.9 Å². The van der Waals surface area contributed by atoms with Crippen LogP contribution >= 0.6 is 11.6 Å². The molecule has 0 radical (unpaired) electrons. The molecule has 3 unspecified atom stereocenters. The van der Waals surface area contributed by atoms with Gasteiger partial charge >= 0.3 is 0 Å². The van der Waals surface area contributed by atoms with Crippen molar-refractivity contribution in [3.8, 4) is 5.75 Å². The Hall–Kier alpha value is -0.730. The van der Waals surface area contributed by atoms with Crippen LogP contribution in [0.3, 0.4) is 0 Å². The van der Waals surface area contributed by atoms with Gasteiger partial charge in [-0.3, -0.25) is 0 Å². The van der Waals surface area contributed by atoms with Gasteiger partial charge in [-0.25, -0.2) is 0 Å². The summed E-state index contributed by atoms with van der Waals surface area (Å²) in [5.41, 5.74) is 7.60. The SMILES string of the molecule is CCCC1CCC(N)C(c2ccc(Cl)c(OC)c2)C1. The first-order valence-electron chi connectivity index (χ1n) is 7.24. The van der Waals surface area contributed by atoms with E-state index in [1.807, 2.05) is 6.07 Å². The highest BCUT2D eigenvalue weighted by atomic mass is 35.5. The van der Waals surface area contributed by atoms with E-state index < -0.39 is 0 Å². The Labute approximate surface area is 121 Å². The smallest absolute Gasteiger partial charge is 0.137 e. The van der Waals surface area contributed by atoms with E-state index in [2.05, 4.69) is 19.1 Å². The van der Waals surface area contributed by atoms with Gasteiger partial charge in [0.1, 0.15) is 5.75 Å². The zero-order valence-corrected chi connectivity index (χ0v) is 12.6. The van der Waals surface area contributed by atoms with Crippen LogP contribution in [0.25, 0.3) is 0 Å². The van der Waals surface area contributed by atoms with Crippen LogP contribution in [-0.4, -0.2) is 13.2 Å². The average molecular weight is 282 g/mol. The second-order valence-electron chi connectivity index (χ2n) is 5.63. The molecule has 2 nitrogen and oxygen atoms in total. The van der Waals surface area contributed by atoms with Crippen LogP contribution in [0.1, 0.15) is 50.5 Å². The Morgan fingerprint density at radius 1 is 1.37 bits per heavy atom. The number of hydrogen-bond donors (Lipinski definition) is 1. The van der Waals surface area contributed by atoms with Gasteiger partial charge in [-0.2, -0.15) is 0 Å². The standard InChI is InChI=1S/C16H24ClNO/c1-3-4-11-5-8-15(18)13(9-11)12-6-7-14(17)16(10-12)19-2/h6-7,10-11,13,15H,3-5,8-9,18H2,1-2H3. The Bertz CT molecular complexity index is 421. The zero-order chi connectivity index (χ0) is 13.8. The van der Waals surface area contributed by atoms with Crippen molar-refractivity contribution in [1.29, 1.82) is 0 Å². The number of nitrogens with two attached hydrogens (primary N) is 1. The van der Waals surface area contributed by atoms with Crippen molar-refractivity contribution in [3.05, 3.63) is 28.8 Å². The minimum atomic E-state index is 0.263. The van der Waals surface area contributed by atoms with Crippen molar-refractivity contribution in [2.75, 3.05) is 7.11 Å². The third-order valence-electron chi connectivity index (χ3n) is 4.31. The first kappa shape index (κ1) is 14.7. The maximum absolute atomic E-state index is 6.33. The van der Waals surface area contributed by atoms with E-state index in [-0.39, 0.29) is 6.04 Å². The molecule has 0 aromatic heterocycles. The molecule has 1 saturated carbocycles. The van der Waals surface area contributed by atoms with Crippen LogP contribution in [0.2, 0.25) is 5.02 Å². The number of halogens is 1. The summed E-state index contributed by atoms with van der Waals surface area (Å²) < 4.78 is 5.31. The molecule has 3 heteroatoms. The molecule has 0 saturated heterocycles. The van der Waals surface area contributed by atoms with E-state index in [1.165, 1.54) is 31.2 Å². The number of methoxy groups -OCH3 is 1. The highest BCUT2D eigenvalue weighted by molar-refractivity contribution is 6.32. The van der Waals surface area contributed by atoms with Gasteiger partial charge in [0.05, 0.1) is 12.1 Å². The van der Waals surface area contributed by atoms with Gasteiger partial charge in [0, 0.05) is 6.04 Å². The first-order valence-corrected chi connectivity index (χ1v) is 7.62. The Balaban J connectivity index is 2.18. The summed E-state index contributed by atoms with van der Waals surface area (Å²) in [5, 5.41) is 0.667. The maximum atomic E-state index is 6.33. The molecule has 2 N–H and O–H groups in total. The minimum absolute atomic E-state index is 0.263. The lowest BCUT2D eigenvalue weighted by atomic mass is 9.74. The third kappa shape index (κ3) is 3.43. The van der Waals surface area contributed by atoms with Crippen LogP contribution in [-0.2, 0) is 0 Å². The second kappa shape index (κ2) is 6.62. The molecule has 1 aromatic rings. The highest BCUT2D eigenvalue weighted by Gasteiger charge is 2.29. The fourth-order valence-corrected chi connectivity index (χ4v) is 3.44.